The van der Waals surface area contributed by atoms with Crippen LogP contribution in [0.15, 0.2) is 24.3 Å². The van der Waals surface area contributed by atoms with Crippen molar-refractivity contribution in [1.82, 2.24) is 10.9 Å². The summed E-state index contributed by atoms with van der Waals surface area (Å²) in [5.41, 5.74) is 6.57. The zero-order valence-corrected chi connectivity index (χ0v) is 11.8. The van der Waals surface area contributed by atoms with Crippen LogP contribution in [0.3, 0.4) is 0 Å². The fourth-order valence-electron chi connectivity index (χ4n) is 1.57. The van der Waals surface area contributed by atoms with Crippen molar-refractivity contribution in [3.05, 3.63) is 35.4 Å². The molecule has 0 fully saturated rings. The molecule has 0 saturated carbocycles. The van der Waals surface area contributed by atoms with Crippen molar-refractivity contribution in [3.8, 4) is 0 Å². The number of aryl methyl sites for hydroxylation is 1. The molecule has 0 atom stereocenters. The van der Waals surface area contributed by atoms with Crippen LogP contribution in [0.4, 0.5) is 0 Å². The number of rotatable bonds is 5. The van der Waals surface area contributed by atoms with Gasteiger partial charge in [-0.1, -0.05) is 32.9 Å². The summed E-state index contributed by atoms with van der Waals surface area (Å²) in [6, 6.07) is 7.34. The summed E-state index contributed by atoms with van der Waals surface area (Å²) in [4.78, 5) is 23.2. The van der Waals surface area contributed by atoms with Crippen molar-refractivity contribution in [2.24, 2.45) is 5.92 Å². The molecule has 0 saturated heterocycles. The third-order valence-electron chi connectivity index (χ3n) is 2.89. The molecule has 0 aliphatic carbocycles. The number of nitrogens with one attached hydrogen (secondary N) is 2. The van der Waals surface area contributed by atoms with Crippen LogP contribution in [-0.4, -0.2) is 11.8 Å². The summed E-state index contributed by atoms with van der Waals surface area (Å²) in [5, 5.41) is 0. The first-order valence-corrected chi connectivity index (χ1v) is 6.71. The lowest BCUT2D eigenvalue weighted by Gasteiger charge is -2.08. The Morgan fingerprint density at radius 1 is 1.11 bits per heavy atom. The van der Waals surface area contributed by atoms with E-state index in [0.29, 0.717) is 17.9 Å². The van der Waals surface area contributed by atoms with Gasteiger partial charge in [0.1, 0.15) is 0 Å². The van der Waals surface area contributed by atoms with Crippen molar-refractivity contribution in [1.29, 1.82) is 0 Å². The second-order valence-corrected chi connectivity index (χ2v) is 4.99. The summed E-state index contributed by atoms with van der Waals surface area (Å²) in [6.07, 6.45) is 2.17. The largest absolute Gasteiger partial charge is 0.273 e. The quantitative estimate of drug-likeness (QED) is 0.801. The van der Waals surface area contributed by atoms with Crippen molar-refractivity contribution in [2.75, 3.05) is 0 Å². The predicted molar refractivity (Wildman–Crippen MR) is 75.5 cm³/mol. The molecule has 19 heavy (non-hydrogen) atoms. The fraction of sp³-hybridized carbons (Fsp3) is 0.467. The van der Waals surface area contributed by atoms with E-state index < -0.39 is 0 Å². The lowest BCUT2D eigenvalue weighted by Crippen LogP contribution is -2.41. The van der Waals surface area contributed by atoms with Gasteiger partial charge in [-0.2, -0.15) is 0 Å². The molecule has 4 heteroatoms. The first-order chi connectivity index (χ1) is 9.02. The van der Waals surface area contributed by atoms with Gasteiger partial charge in [-0.25, -0.2) is 0 Å². The van der Waals surface area contributed by atoms with Crippen LogP contribution >= 0.6 is 0 Å². The molecular formula is C15H22N2O2. The van der Waals surface area contributed by atoms with Gasteiger partial charge in [-0.05, 0) is 36.5 Å². The molecule has 2 amide bonds. The smallest absolute Gasteiger partial charge is 0.269 e. The Hall–Kier alpha value is -1.84. The minimum Gasteiger partial charge on any atom is -0.273 e. The van der Waals surface area contributed by atoms with Crippen LogP contribution in [0, 0.1) is 5.92 Å². The second-order valence-electron chi connectivity index (χ2n) is 4.99. The topological polar surface area (TPSA) is 58.2 Å². The van der Waals surface area contributed by atoms with Crippen molar-refractivity contribution >= 4 is 11.8 Å². The van der Waals surface area contributed by atoms with Crippen LogP contribution in [0.2, 0.25) is 0 Å². The molecule has 0 spiro atoms. The van der Waals surface area contributed by atoms with Crippen LogP contribution in [0.5, 0.6) is 0 Å². The number of hydrogen-bond acceptors (Lipinski definition) is 2. The zero-order chi connectivity index (χ0) is 14.3. The highest BCUT2D eigenvalue weighted by molar-refractivity contribution is 5.95. The molecule has 0 radical (unpaired) electrons. The third-order valence-corrected chi connectivity index (χ3v) is 2.89. The van der Waals surface area contributed by atoms with E-state index in [2.05, 4.69) is 31.6 Å². The highest BCUT2D eigenvalue weighted by Crippen LogP contribution is 2.05. The molecule has 0 aliphatic heterocycles. The molecule has 1 aromatic carbocycles. The van der Waals surface area contributed by atoms with Crippen LogP contribution in [0.25, 0.3) is 0 Å². The summed E-state index contributed by atoms with van der Waals surface area (Å²) in [5.74, 6) is 0.0239. The highest BCUT2D eigenvalue weighted by atomic mass is 16.2. The van der Waals surface area contributed by atoms with Gasteiger partial charge >= 0.3 is 0 Å². The van der Waals surface area contributed by atoms with Crippen LogP contribution in [0.1, 0.15) is 49.5 Å². The molecular weight excluding hydrogens is 240 g/mol. The Bertz CT molecular complexity index is 424. The minimum atomic E-state index is -0.291. The summed E-state index contributed by atoms with van der Waals surface area (Å²) >= 11 is 0. The highest BCUT2D eigenvalue weighted by Gasteiger charge is 2.07. The van der Waals surface area contributed by atoms with E-state index in [-0.39, 0.29) is 11.8 Å². The monoisotopic (exact) mass is 262 g/mol. The Morgan fingerprint density at radius 3 is 2.26 bits per heavy atom. The van der Waals surface area contributed by atoms with E-state index in [4.69, 9.17) is 0 Å². The van der Waals surface area contributed by atoms with E-state index in [0.717, 1.165) is 12.8 Å². The first-order valence-electron chi connectivity index (χ1n) is 6.71. The first kappa shape index (κ1) is 15.2. The molecule has 2 N–H and O–H groups in total. The van der Waals surface area contributed by atoms with E-state index in [1.165, 1.54) is 5.56 Å². The van der Waals surface area contributed by atoms with Crippen LogP contribution in [-0.2, 0) is 11.2 Å². The van der Waals surface area contributed by atoms with Gasteiger partial charge in [-0.3, -0.25) is 20.4 Å². The Kier molecular flexibility index (Phi) is 6.06. The average molecular weight is 262 g/mol. The van der Waals surface area contributed by atoms with Crippen molar-refractivity contribution < 1.29 is 9.59 Å². The predicted octanol–water partition coefficient (Wildman–Crippen LogP) is 2.45. The zero-order valence-electron chi connectivity index (χ0n) is 11.8. The lowest BCUT2D eigenvalue weighted by atomic mass is 10.1. The van der Waals surface area contributed by atoms with Gasteiger partial charge in [0.2, 0.25) is 5.91 Å². The molecule has 1 rings (SSSR count). The van der Waals surface area contributed by atoms with E-state index in [9.17, 15) is 9.59 Å². The molecule has 0 bridgehead atoms. The van der Waals surface area contributed by atoms with Crippen molar-refractivity contribution in [3.63, 3.8) is 0 Å². The second kappa shape index (κ2) is 7.56. The average Bonchev–Trinajstić information content (AvgIpc) is 2.42. The van der Waals surface area contributed by atoms with Gasteiger partial charge < -0.3 is 0 Å². The Morgan fingerprint density at radius 2 is 1.74 bits per heavy atom. The Balaban J connectivity index is 2.40. The van der Waals surface area contributed by atoms with E-state index in [1.807, 2.05) is 12.1 Å². The van der Waals surface area contributed by atoms with E-state index >= 15 is 0 Å². The number of hydrogen-bond donors (Lipinski definition) is 2. The number of hydrazine groups is 1. The molecule has 0 heterocycles. The van der Waals surface area contributed by atoms with Gasteiger partial charge in [0.15, 0.2) is 0 Å². The summed E-state index contributed by atoms with van der Waals surface area (Å²) in [7, 11) is 0. The lowest BCUT2D eigenvalue weighted by molar-refractivity contribution is -0.122. The molecule has 0 aromatic heterocycles. The number of carbonyl (C=O) groups excluding carboxylic acids is 2. The number of carbonyl (C=O) groups is 2. The SMILES string of the molecule is CCc1ccc(C(=O)NNC(=O)CCC(C)C)cc1. The van der Waals surface area contributed by atoms with Gasteiger partial charge in [0.25, 0.3) is 5.91 Å². The standard InChI is InChI=1S/C15H22N2O2/c1-4-12-6-8-13(9-7-12)15(19)17-16-14(18)10-5-11(2)3/h6-9,11H,4-5,10H2,1-3H3,(H,16,18)(H,17,19). The van der Waals surface area contributed by atoms with Gasteiger partial charge in [0.05, 0.1) is 0 Å². The normalized spacial score (nSPS) is 10.3. The molecule has 4 nitrogen and oxygen atoms in total. The van der Waals surface area contributed by atoms with Crippen molar-refractivity contribution in [2.45, 2.75) is 40.0 Å². The van der Waals surface area contributed by atoms with Gasteiger partial charge in [0, 0.05) is 12.0 Å². The molecule has 0 aliphatic rings. The fourth-order valence-corrected chi connectivity index (χ4v) is 1.57. The number of amides is 2. The maximum absolute atomic E-state index is 11.8. The number of benzene rings is 1. The van der Waals surface area contributed by atoms with E-state index in [1.54, 1.807) is 12.1 Å². The summed E-state index contributed by atoms with van der Waals surface area (Å²) < 4.78 is 0. The van der Waals surface area contributed by atoms with Gasteiger partial charge in [-0.15, -0.1) is 0 Å². The third kappa shape index (κ3) is 5.55. The summed E-state index contributed by atoms with van der Waals surface area (Å²) in [6.45, 7) is 6.17. The minimum absolute atomic E-state index is 0.160. The molecule has 0 unspecified atom stereocenters. The maximum atomic E-state index is 11.8. The Labute approximate surface area is 114 Å². The maximum Gasteiger partial charge on any atom is 0.269 e. The molecule has 104 valence electrons. The molecule has 1 aromatic rings. The van der Waals surface area contributed by atoms with Crippen LogP contribution < -0.4 is 10.9 Å².